The van der Waals surface area contributed by atoms with Crippen molar-refractivity contribution in [1.82, 2.24) is 9.78 Å². The summed E-state index contributed by atoms with van der Waals surface area (Å²) < 4.78 is 12.5. The summed E-state index contributed by atoms with van der Waals surface area (Å²) >= 11 is 0. The predicted octanol–water partition coefficient (Wildman–Crippen LogP) is 3.79. The number of carbonyl (C=O) groups excluding carboxylic acids is 1. The van der Waals surface area contributed by atoms with Gasteiger partial charge in [0.05, 0.1) is 32.0 Å². The molecule has 0 radical (unpaired) electrons. The van der Waals surface area contributed by atoms with E-state index in [1.54, 1.807) is 19.6 Å². The number of carbonyl (C=O) groups is 1. The molecule has 0 aliphatic rings. The second kappa shape index (κ2) is 6.78. The smallest absolute Gasteiger partial charge is 0.230 e. The average molecular weight is 327 g/mol. The molecule has 0 spiro atoms. The quantitative estimate of drug-likeness (QED) is 0.748. The summed E-state index contributed by atoms with van der Waals surface area (Å²) in [5.41, 5.74) is 1.56. The van der Waals surface area contributed by atoms with Gasteiger partial charge in [0.25, 0.3) is 0 Å². The predicted molar refractivity (Wildman–Crippen MR) is 92.3 cm³/mol. The number of hydrogen-bond donors (Lipinski definition) is 1. The standard InChI is InChI=1S/C18H21N3O3/c1-4-12(2)21-17(7-8-19-21)20-18(22)9-13-11-24-16-10-14(23-3)5-6-15(13)16/h5-8,10-12H,4,9H2,1-3H3,(H,20,22)/t12-/m1/s1. The molecular formula is C18H21N3O3. The normalized spacial score (nSPS) is 12.3. The maximum atomic E-state index is 12.4. The monoisotopic (exact) mass is 327 g/mol. The fourth-order valence-corrected chi connectivity index (χ4v) is 2.62. The molecule has 2 heterocycles. The van der Waals surface area contributed by atoms with Crippen LogP contribution in [0, 0.1) is 0 Å². The Morgan fingerprint density at radius 3 is 3.00 bits per heavy atom. The van der Waals surface area contributed by atoms with E-state index in [1.165, 1.54) is 0 Å². The molecule has 0 saturated carbocycles. The molecule has 2 aromatic heterocycles. The molecule has 6 heteroatoms. The highest BCUT2D eigenvalue weighted by molar-refractivity contribution is 5.95. The van der Waals surface area contributed by atoms with Crippen molar-refractivity contribution in [3.63, 3.8) is 0 Å². The number of amides is 1. The second-order valence-electron chi connectivity index (χ2n) is 5.77. The van der Waals surface area contributed by atoms with E-state index in [2.05, 4.69) is 24.3 Å². The number of hydrogen-bond acceptors (Lipinski definition) is 4. The highest BCUT2D eigenvalue weighted by Gasteiger charge is 2.14. The van der Waals surface area contributed by atoms with Crippen molar-refractivity contribution < 1.29 is 13.9 Å². The molecule has 0 fully saturated rings. The van der Waals surface area contributed by atoms with Crippen LogP contribution in [-0.2, 0) is 11.2 Å². The van der Waals surface area contributed by atoms with Gasteiger partial charge in [-0.2, -0.15) is 5.10 Å². The van der Waals surface area contributed by atoms with Gasteiger partial charge in [0.2, 0.25) is 5.91 Å². The largest absolute Gasteiger partial charge is 0.497 e. The van der Waals surface area contributed by atoms with E-state index in [0.29, 0.717) is 11.4 Å². The number of fused-ring (bicyclic) bond motifs is 1. The topological polar surface area (TPSA) is 69.3 Å². The maximum absolute atomic E-state index is 12.4. The number of anilines is 1. The van der Waals surface area contributed by atoms with E-state index < -0.39 is 0 Å². The van der Waals surface area contributed by atoms with Crippen LogP contribution in [-0.4, -0.2) is 22.8 Å². The Kier molecular flexibility index (Phi) is 4.55. The van der Waals surface area contributed by atoms with E-state index in [-0.39, 0.29) is 18.4 Å². The Labute approximate surface area is 140 Å². The number of ether oxygens (including phenoxy) is 1. The van der Waals surface area contributed by atoms with Crippen molar-refractivity contribution in [1.29, 1.82) is 0 Å². The van der Waals surface area contributed by atoms with Gasteiger partial charge >= 0.3 is 0 Å². The van der Waals surface area contributed by atoms with Crippen molar-refractivity contribution in [3.05, 3.63) is 42.3 Å². The van der Waals surface area contributed by atoms with Gasteiger partial charge in [-0.25, -0.2) is 4.68 Å². The van der Waals surface area contributed by atoms with E-state index in [4.69, 9.17) is 9.15 Å². The molecule has 0 aliphatic carbocycles. The first-order valence-electron chi connectivity index (χ1n) is 7.99. The molecule has 24 heavy (non-hydrogen) atoms. The minimum absolute atomic E-state index is 0.0985. The molecule has 6 nitrogen and oxygen atoms in total. The molecule has 1 aromatic carbocycles. The van der Waals surface area contributed by atoms with Crippen molar-refractivity contribution in [2.45, 2.75) is 32.7 Å². The fourth-order valence-electron chi connectivity index (χ4n) is 2.62. The molecule has 0 unspecified atom stereocenters. The van der Waals surface area contributed by atoms with Crippen LogP contribution in [0.25, 0.3) is 11.0 Å². The van der Waals surface area contributed by atoms with Gasteiger partial charge in [-0.1, -0.05) is 6.92 Å². The van der Waals surface area contributed by atoms with Crippen molar-refractivity contribution in [2.75, 3.05) is 12.4 Å². The summed E-state index contributed by atoms with van der Waals surface area (Å²) in [6.45, 7) is 4.16. The number of nitrogens with one attached hydrogen (secondary N) is 1. The van der Waals surface area contributed by atoms with Gasteiger partial charge in [-0.05, 0) is 25.5 Å². The second-order valence-corrected chi connectivity index (χ2v) is 5.77. The summed E-state index contributed by atoms with van der Waals surface area (Å²) in [7, 11) is 1.61. The minimum Gasteiger partial charge on any atom is -0.497 e. The van der Waals surface area contributed by atoms with Gasteiger partial charge in [-0.15, -0.1) is 0 Å². The molecule has 3 rings (SSSR count). The van der Waals surface area contributed by atoms with Crippen molar-refractivity contribution in [3.8, 4) is 5.75 Å². The lowest BCUT2D eigenvalue weighted by Gasteiger charge is -2.14. The molecule has 1 amide bonds. The van der Waals surface area contributed by atoms with Gasteiger partial charge in [-0.3, -0.25) is 4.79 Å². The summed E-state index contributed by atoms with van der Waals surface area (Å²) in [6, 6.07) is 7.62. The zero-order chi connectivity index (χ0) is 17.1. The van der Waals surface area contributed by atoms with Crippen molar-refractivity contribution >= 4 is 22.7 Å². The van der Waals surface area contributed by atoms with Gasteiger partial charge < -0.3 is 14.5 Å². The van der Waals surface area contributed by atoms with E-state index >= 15 is 0 Å². The number of methoxy groups -OCH3 is 1. The number of aromatic nitrogens is 2. The van der Waals surface area contributed by atoms with Crippen molar-refractivity contribution in [2.24, 2.45) is 0 Å². The Morgan fingerprint density at radius 2 is 2.25 bits per heavy atom. The summed E-state index contributed by atoms with van der Waals surface area (Å²) in [6.07, 6.45) is 4.50. The molecule has 0 aliphatic heterocycles. The highest BCUT2D eigenvalue weighted by Crippen LogP contribution is 2.26. The van der Waals surface area contributed by atoms with E-state index in [1.807, 2.05) is 28.9 Å². The van der Waals surface area contributed by atoms with Gasteiger partial charge in [0, 0.05) is 23.1 Å². The first-order chi connectivity index (χ1) is 11.6. The molecule has 3 aromatic rings. The SMILES string of the molecule is CC[C@@H](C)n1nccc1NC(=O)Cc1coc2cc(OC)ccc12. The number of furan rings is 1. The van der Waals surface area contributed by atoms with E-state index in [0.717, 1.165) is 23.1 Å². The summed E-state index contributed by atoms with van der Waals surface area (Å²) in [5, 5.41) is 8.12. The molecule has 126 valence electrons. The number of nitrogens with zero attached hydrogens (tertiary/aromatic N) is 2. The zero-order valence-corrected chi connectivity index (χ0v) is 14.1. The summed E-state index contributed by atoms with van der Waals surface area (Å²) in [5.74, 6) is 1.34. The maximum Gasteiger partial charge on any atom is 0.230 e. The number of rotatable bonds is 6. The Balaban J connectivity index is 1.75. The van der Waals surface area contributed by atoms with Gasteiger partial charge in [0.15, 0.2) is 0 Å². The van der Waals surface area contributed by atoms with Crippen LogP contribution < -0.4 is 10.1 Å². The number of benzene rings is 1. The third kappa shape index (κ3) is 3.13. The van der Waals surface area contributed by atoms with E-state index in [9.17, 15) is 4.79 Å². The molecular weight excluding hydrogens is 306 g/mol. The average Bonchev–Trinajstić information content (AvgIpc) is 3.21. The van der Waals surface area contributed by atoms with Crippen LogP contribution >= 0.6 is 0 Å². The van der Waals surface area contributed by atoms with Crippen LogP contribution in [0.2, 0.25) is 0 Å². The van der Waals surface area contributed by atoms with Crippen LogP contribution in [0.5, 0.6) is 5.75 Å². The highest BCUT2D eigenvalue weighted by atomic mass is 16.5. The molecule has 1 atom stereocenters. The third-order valence-corrected chi connectivity index (χ3v) is 4.16. The Morgan fingerprint density at radius 1 is 1.42 bits per heavy atom. The lowest BCUT2D eigenvalue weighted by molar-refractivity contribution is -0.115. The minimum atomic E-state index is -0.0985. The fraction of sp³-hybridized carbons (Fsp3) is 0.333. The first-order valence-corrected chi connectivity index (χ1v) is 7.99. The Hall–Kier alpha value is -2.76. The van der Waals surface area contributed by atoms with Crippen LogP contribution in [0.3, 0.4) is 0 Å². The summed E-state index contributed by atoms with van der Waals surface area (Å²) in [4.78, 5) is 12.4. The van der Waals surface area contributed by atoms with Crippen LogP contribution in [0.15, 0.2) is 41.1 Å². The van der Waals surface area contributed by atoms with Crippen LogP contribution in [0.1, 0.15) is 31.9 Å². The third-order valence-electron chi connectivity index (χ3n) is 4.16. The zero-order valence-electron chi connectivity index (χ0n) is 14.1. The Bertz CT molecular complexity index is 850. The lowest BCUT2D eigenvalue weighted by atomic mass is 10.1. The molecule has 1 N–H and O–H groups in total. The molecule has 0 bridgehead atoms. The first kappa shape index (κ1) is 16.1. The van der Waals surface area contributed by atoms with Gasteiger partial charge in [0.1, 0.15) is 17.2 Å². The van der Waals surface area contributed by atoms with Crippen LogP contribution in [0.4, 0.5) is 5.82 Å². The molecule has 0 saturated heterocycles. The lowest BCUT2D eigenvalue weighted by Crippen LogP contribution is -2.18.